The van der Waals surface area contributed by atoms with Gasteiger partial charge in [0, 0.05) is 11.4 Å². The van der Waals surface area contributed by atoms with E-state index in [1.807, 2.05) is 19.9 Å². The topological polar surface area (TPSA) is 78.1 Å². The van der Waals surface area contributed by atoms with Gasteiger partial charge in [0.25, 0.3) is 0 Å². The van der Waals surface area contributed by atoms with Crippen LogP contribution >= 0.6 is 0 Å². The SMILES string of the molecule is C=C(N)/C(N)=C\C(N)=C/C(C)C. The van der Waals surface area contributed by atoms with Gasteiger partial charge in [-0.2, -0.15) is 0 Å². The molecule has 6 N–H and O–H groups in total. The first-order valence-electron chi connectivity index (χ1n) is 3.82. The van der Waals surface area contributed by atoms with Crippen molar-refractivity contribution in [2.45, 2.75) is 13.8 Å². The van der Waals surface area contributed by atoms with Gasteiger partial charge in [0.15, 0.2) is 0 Å². The van der Waals surface area contributed by atoms with E-state index >= 15 is 0 Å². The van der Waals surface area contributed by atoms with Gasteiger partial charge in [-0.1, -0.05) is 26.5 Å². The maximum absolute atomic E-state index is 5.62. The lowest BCUT2D eigenvalue weighted by Gasteiger charge is -2.01. The van der Waals surface area contributed by atoms with Crippen molar-refractivity contribution in [2.24, 2.45) is 23.1 Å². The average molecular weight is 167 g/mol. The van der Waals surface area contributed by atoms with Gasteiger partial charge in [0.2, 0.25) is 0 Å². The fraction of sp³-hybridized carbons (Fsp3) is 0.333. The summed E-state index contributed by atoms with van der Waals surface area (Å²) in [6, 6.07) is 0. The van der Waals surface area contributed by atoms with Crippen LogP contribution in [0.3, 0.4) is 0 Å². The normalized spacial score (nSPS) is 13.6. The molecular formula is C9H17N3. The molecule has 0 aromatic carbocycles. The summed E-state index contributed by atoms with van der Waals surface area (Å²) in [7, 11) is 0. The maximum Gasteiger partial charge on any atom is 0.0562 e. The van der Waals surface area contributed by atoms with Crippen LogP contribution in [0.4, 0.5) is 0 Å². The highest BCUT2D eigenvalue weighted by atomic mass is 14.7. The summed E-state index contributed by atoms with van der Waals surface area (Å²) >= 11 is 0. The number of hydrogen-bond acceptors (Lipinski definition) is 3. The second-order valence-corrected chi connectivity index (χ2v) is 3.04. The summed E-state index contributed by atoms with van der Waals surface area (Å²) in [5.74, 6) is 0.403. The summed E-state index contributed by atoms with van der Waals surface area (Å²) in [6.45, 7) is 7.56. The van der Waals surface area contributed by atoms with E-state index in [4.69, 9.17) is 17.2 Å². The lowest BCUT2D eigenvalue weighted by atomic mass is 10.1. The summed E-state index contributed by atoms with van der Waals surface area (Å²) < 4.78 is 0. The molecule has 0 fully saturated rings. The summed E-state index contributed by atoms with van der Waals surface area (Å²) in [6.07, 6.45) is 3.51. The molecular weight excluding hydrogens is 150 g/mol. The van der Waals surface area contributed by atoms with Crippen LogP contribution in [0.25, 0.3) is 0 Å². The minimum absolute atomic E-state index is 0.343. The third-order valence-electron chi connectivity index (χ3n) is 1.22. The van der Waals surface area contributed by atoms with Crippen LogP contribution in [0.1, 0.15) is 13.8 Å². The molecule has 0 aliphatic carbocycles. The van der Waals surface area contributed by atoms with Gasteiger partial charge in [-0.3, -0.25) is 0 Å². The van der Waals surface area contributed by atoms with Crippen molar-refractivity contribution in [1.82, 2.24) is 0 Å². The van der Waals surface area contributed by atoms with Crippen LogP contribution < -0.4 is 17.2 Å². The van der Waals surface area contributed by atoms with Crippen LogP contribution in [0.2, 0.25) is 0 Å². The van der Waals surface area contributed by atoms with Gasteiger partial charge < -0.3 is 17.2 Å². The average Bonchev–Trinajstić information content (AvgIpc) is 1.84. The van der Waals surface area contributed by atoms with Crippen LogP contribution in [-0.4, -0.2) is 0 Å². The molecule has 12 heavy (non-hydrogen) atoms. The fourth-order valence-electron chi connectivity index (χ4n) is 0.705. The lowest BCUT2D eigenvalue weighted by molar-refractivity contribution is 0.823. The molecule has 3 nitrogen and oxygen atoms in total. The highest BCUT2D eigenvalue weighted by Gasteiger charge is 1.93. The quantitative estimate of drug-likeness (QED) is 0.544. The summed E-state index contributed by atoms with van der Waals surface area (Å²) in [5.41, 5.74) is 17.9. The highest BCUT2D eigenvalue weighted by molar-refractivity contribution is 5.30. The van der Waals surface area contributed by atoms with E-state index in [-0.39, 0.29) is 0 Å². The van der Waals surface area contributed by atoms with E-state index in [2.05, 4.69) is 6.58 Å². The molecule has 0 saturated heterocycles. The third kappa shape index (κ3) is 4.44. The molecule has 0 aliphatic heterocycles. The van der Waals surface area contributed by atoms with E-state index in [0.717, 1.165) is 0 Å². The number of nitrogens with two attached hydrogens (primary N) is 3. The Hall–Kier alpha value is -1.38. The van der Waals surface area contributed by atoms with E-state index in [1.165, 1.54) is 0 Å². The first-order chi connectivity index (χ1) is 5.43. The van der Waals surface area contributed by atoms with Gasteiger partial charge in [-0.25, -0.2) is 0 Å². The molecule has 0 rings (SSSR count). The molecule has 0 spiro atoms. The maximum atomic E-state index is 5.62. The second kappa shape index (κ2) is 4.49. The zero-order chi connectivity index (χ0) is 9.72. The Morgan fingerprint density at radius 2 is 1.75 bits per heavy atom. The van der Waals surface area contributed by atoms with Gasteiger partial charge >= 0.3 is 0 Å². The van der Waals surface area contributed by atoms with Crippen molar-refractivity contribution in [3.8, 4) is 0 Å². The Morgan fingerprint density at radius 1 is 1.25 bits per heavy atom. The predicted molar refractivity (Wildman–Crippen MR) is 52.7 cm³/mol. The standard InChI is InChI=1S/C9H17N3/c1-6(2)4-8(11)5-9(12)7(3)10/h4-6H,3,10-12H2,1-2H3/b8-4+,9-5+. The number of hydrogen-bond donors (Lipinski definition) is 3. The Kier molecular flexibility index (Phi) is 3.97. The lowest BCUT2D eigenvalue weighted by Crippen LogP contribution is -2.09. The Labute approximate surface area is 73.6 Å². The summed E-state index contributed by atoms with van der Waals surface area (Å²) in [4.78, 5) is 0. The van der Waals surface area contributed by atoms with Crippen molar-refractivity contribution < 1.29 is 0 Å². The van der Waals surface area contributed by atoms with E-state index in [1.54, 1.807) is 6.08 Å². The van der Waals surface area contributed by atoms with E-state index < -0.39 is 0 Å². The number of allylic oxidation sites excluding steroid dienone is 2. The molecule has 0 heterocycles. The molecule has 0 aromatic heterocycles. The predicted octanol–water partition coefficient (Wildman–Crippen LogP) is 0.800. The van der Waals surface area contributed by atoms with Gasteiger partial charge in [-0.05, 0) is 12.0 Å². The van der Waals surface area contributed by atoms with Crippen molar-refractivity contribution in [2.75, 3.05) is 0 Å². The molecule has 0 aromatic rings. The van der Waals surface area contributed by atoms with Crippen molar-refractivity contribution in [3.63, 3.8) is 0 Å². The third-order valence-corrected chi connectivity index (χ3v) is 1.22. The number of rotatable bonds is 3. The molecule has 0 amide bonds. The minimum atomic E-state index is 0.343. The van der Waals surface area contributed by atoms with Gasteiger partial charge in [-0.15, -0.1) is 0 Å². The molecule has 0 saturated carbocycles. The Balaban J connectivity index is 4.43. The second-order valence-electron chi connectivity index (χ2n) is 3.04. The smallest absolute Gasteiger partial charge is 0.0562 e. The van der Waals surface area contributed by atoms with Crippen LogP contribution in [0.15, 0.2) is 35.8 Å². The van der Waals surface area contributed by atoms with Crippen LogP contribution in [-0.2, 0) is 0 Å². The zero-order valence-corrected chi connectivity index (χ0v) is 7.67. The monoisotopic (exact) mass is 167 g/mol. The van der Waals surface area contributed by atoms with E-state index in [9.17, 15) is 0 Å². The largest absolute Gasteiger partial charge is 0.399 e. The van der Waals surface area contributed by atoms with Crippen molar-refractivity contribution in [1.29, 1.82) is 0 Å². The van der Waals surface area contributed by atoms with Crippen LogP contribution in [0, 0.1) is 5.92 Å². The van der Waals surface area contributed by atoms with Crippen LogP contribution in [0.5, 0.6) is 0 Å². The fourth-order valence-corrected chi connectivity index (χ4v) is 0.705. The molecule has 0 aliphatic rings. The first kappa shape index (κ1) is 10.6. The molecule has 0 bridgehead atoms. The van der Waals surface area contributed by atoms with Crippen molar-refractivity contribution in [3.05, 3.63) is 35.8 Å². The van der Waals surface area contributed by atoms with E-state index in [0.29, 0.717) is 23.0 Å². The molecule has 3 heteroatoms. The zero-order valence-electron chi connectivity index (χ0n) is 7.67. The molecule has 0 atom stereocenters. The van der Waals surface area contributed by atoms with Gasteiger partial charge in [0.1, 0.15) is 0 Å². The highest BCUT2D eigenvalue weighted by Crippen LogP contribution is 2.01. The molecule has 0 unspecified atom stereocenters. The first-order valence-corrected chi connectivity index (χ1v) is 3.82. The van der Waals surface area contributed by atoms with Gasteiger partial charge in [0.05, 0.1) is 5.70 Å². The molecule has 0 radical (unpaired) electrons. The van der Waals surface area contributed by atoms with Crippen molar-refractivity contribution >= 4 is 0 Å². The minimum Gasteiger partial charge on any atom is -0.399 e. The summed E-state index contributed by atoms with van der Waals surface area (Å²) in [5, 5.41) is 0. The Bertz CT molecular complexity index is 224. The Morgan fingerprint density at radius 3 is 2.08 bits per heavy atom. The molecule has 68 valence electrons.